The third-order valence-corrected chi connectivity index (χ3v) is 4.59. The molecule has 2 aromatic carbocycles. The molecule has 0 radical (unpaired) electrons. The Bertz CT molecular complexity index is 827. The third kappa shape index (κ3) is 4.19. The molecule has 2 amide bonds. The highest BCUT2D eigenvalue weighted by Crippen LogP contribution is 2.23. The van der Waals surface area contributed by atoms with Gasteiger partial charge >= 0.3 is 0 Å². The third-order valence-electron chi connectivity index (χ3n) is 4.36. The number of carbonyl (C=O) groups is 2. The van der Waals surface area contributed by atoms with Crippen molar-refractivity contribution in [2.75, 3.05) is 18.4 Å². The molecule has 136 valence electrons. The average Bonchev–Trinajstić information content (AvgIpc) is 2.64. The van der Waals surface area contributed by atoms with Crippen LogP contribution in [0.3, 0.4) is 0 Å². The molecular formula is C19H17ClF2N2O2. The number of likely N-dealkylation sites (tertiary alicyclic amines) is 1. The first kappa shape index (κ1) is 18.3. The van der Waals surface area contributed by atoms with Crippen molar-refractivity contribution >= 4 is 29.1 Å². The Morgan fingerprint density at radius 3 is 2.54 bits per heavy atom. The van der Waals surface area contributed by atoms with Gasteiger partial charge in [-0.25, -0.2) is 8.78 Å². The van der Waals surface area contributed by atoms with E-state index in [1.54, 1.807) is 4.90 Å². The van der Waals surface area contributed by atoms with Crippen LogP contribution in [0.2, 0.25) is 5.02 Å². The highest BCUT2D eigenvalue weighted by Gasteiger charge is 2.29. The molecule has 0 bridgehead atoms. The molecule has 2 aromatic rings. The lowest BCUT2D eigenvalue weighted by Gasteiger charge is -2.32. The van der Waals surface area contributed by atoms with Gasteiger partial charge in [-0.2, -0.15) is 0 Å². The van der Waals surface area contributed by atoms with Crippen LogP contribution in [0.25, 0.3) is 0 Å². The molecule has 4 nitrogen and oxygen atoms in total. The molecule has 1 aliphatic rings. The zero-order chi connectivity index (χ0) is 18.7. The van der Waals surface area contributed by atoms with Gasteiger partial charge < -0.3 is 10.2 Å². The number of rotatable bonds is 3. The molecule has 0 aromatic heterocycles. The number of carbonyl (C=O) groups excluding carboxylic acids is 2. The van der Waals surface area contributed by atoms with Crippen LogP contribution in [0.1, 0.15) is 23.2 Å². The molecule has 3 rings (SSSR count). The summed E-state index contributed by atoms with van der Waals surface area (Å²) in [5.41, 5.74) is 0.428. The Hall–Kier alpha value is -2.47. The second-order valence-electron chi connectivity index (χ2n) is 6.21. The van der Waals surface area contributed by atoms with Crippen LogP contribution in [0.15, 0.2) is 42.5 Å². The lowest BCUT2D eigenvalue weighted by molar-refractivity contribution is -0.121. The standard InChI is InChI=1S/C19H17ClF2N2O2/c20-14-5-8-17(16(22)10-14)23-18(25)13-2-1-9-24(11-13)19(26)12-3-6-15(21)7-4-12/h3-8,10,13H,1-2,9,11H2,(H,23,25)/t13-/m1/s1. The fraction of sp³-hybridized carbons (Fsp3) is 0.263. The van der Waals surface area contributed by atoms with Crippen molar-refractivity contribution in [1.82, 2.24) is 4.90 Å². The van der Waals surface area contributed by atoms with Crippen molar-refractivity contribution < 1.29 is 18.4 Å². The molecule has 0 saturated carbocycles. The van der Waals surface area contributed by atoms with Crippen LogP contribution in [0, 0.1) is 17.6 Å². The fourth-order valence-corrected chi connectivity index (χ4v) is 3.14. The molecule has 0 unspecified atom stereocenters. The van der Waals surface area contributed by atoms with Gasteiger partial charge in [-0.3, -0.25) is 9.59 Å². The number of halogens is 3. The van der Waals surface area contributed by atoms with Crippen molar-refractivity contribution in [1.29, 1.82) is 0 Å². The molecule has 1 heterocycles. The summed E-state index contributed by atoms with van der Waals surface area (Å²) in [5.74, 6) is -2.06. The molecule has 1 atom stereocenters. The molecule has 26 heavy (non-hydrogen) atoms. The van der Waals surface area contributed by atoms with E-state index in [1.165, 1.54) is 36.4 Å². The summed E-state index contributed by atoms with van der Waals surface area (Å²) in [5, 5.41) is 2.80. The number of hydrogen-bond donors (Lipinski definition) is 1. The van der Waals surface area contributed by atoms with E-state index in [1.807, 2.05) is 0 Å². The first-order valence-electron chi connectivity index (χ1n) is 8.25. The van der Waals surface area contributed by atoms with Crippen LogP contribution >= 0.6 is 11.6 Å². The Morgan fingerprint density at radius 1 is 1.12 bits per heavy atom. The number of benzene rings is 2. The maximum absolute atomic E-state index is 13.8. The molecule has 0 aliphatic carbocycles. The van der Waals surface area contributed by atoms with E-state index in [-0.39, 0.29) is 29.1 Å². The van der Waals surface area contributed by atoms with Gasteiger partial charge in [0.05, 0.1) is 11.6 Å². The number of nitrogens with one attached hydrogen (secondary N) is 1. The summed E-state index contributed by atoms with van der Waals surface area (Å²) < 4.78 is 26.9. The van der Waals surface area contributed by atoms with Crippen molar-refractivity contribution in [3.05, 3.63) is 64.7 Å². The maximum Gasteiger partial charge on any atom is 0.253 e. The minimum Gasteiger partial charge on any atom is -0.338 e. The lowest BCUT2D eigenvalue weighted by atomic mass is 9.96. The minimum absolute atomic E-state index is 0.0568. The van der Waals surface area contributed by atoms with Crippen molar-refractivity contribution in [3.63, 3.8) is 0 Å². The van der Waals surface area contributed by atoms with E-state index in [0.717, 1.165) is 6.07 Å². The quantitative estimate of drug-likeness (QED) is 0.873. The Morgan fingerprint density at radius 2 is 1.85 bits per heavy atom. The number of nitrogens with zero attached hydrogens (tertiary/aromatic N) is 1. The SMILES string of the molecule is O=C(Nc1ccc(Cl)cc1F)[C@@H]1CCCN(C(=O)c2ccc(F)cc2)C1. The van der Waals surface area contributed by atoms with Gasteiger partial charge in [0.2, 0.25) is 5.91 Å². The van der Waals surface area contributed by atoms with E-state index in [2.05, 4.69) is 5.32 Å². The highest BCUT2D eigenvalue weighted by atomic mass is 35.5. The van der Waals surface area contributed by atoms with Crippen molar-refractivity contribution in [2.45, 2.75) is 12.8 Å². The number of piperidine rings is 1. The van der Waals surface area contributed by atoms with E-state index >= 15 is 0 Å². The van der Waals surface area contributed by atoms with Gasteiger partial charge in [-0.05, 0) is 55.3 Å². The zero-order valence-corrected chi connectivity index (χ0v) is 14.6. The van der Waals surface area contributed by atoms with Gasteiger partial charge in [-0.1, -0.05) is 11.6 Å². The van der Waals surface area contributed by atoms with Crippen molar-refractivity contribution in [2.24, 2.45) is 5.92 Å². The minimum atomic E-state index is -0.610. The summed E-state index contributed by atoms with van der Waals surface area (Å²) >= 11 is 5.70. The second kappa shape index (κ2) is 7.83. The molecule has 1 saturated heterocycles. The lowest BCUT2D eigenvalue weighted by Crippen LogP contribution is -2.43. The van der Waals surface area contributed by atoms with Crippen LogP contribution in [0.4, 0.5) is 14.5 Å². The predicted octanol–water partition coefficient (Wildman–Crippen LogP) is 4.11. The summed E-state index contributed by atoms with van der Waals surface area (Å²) in [4.78, 5) is 26.6. The zero-order valence-electron chi connectivity index (χ0n) is 13.8. The molecular weight excluding hydrogens is 362 g/mol. The van der Waals surface area contributed by atoms with Gasteiger partial charge in [0, 0.05) is 23.7 Å². The summed E-state index contributed by atoms with van der Waals surface area (Å²) in [7, 11) is 0. The molecule has 1 aliphatic heterocycles. The average molecular weight is 379 g/mol. The maximum atomic E-state index is 13.8. The predicted molar refractivity (Wildman–Crippen MR) is 95.1 cm³/mol. The van der Waals surface area contributed by atoms with Crippen molar-refractivity contribution in [3.8, 4) is 0 Å². The van der Waals surface area contributed by atoms with Crippen LogP contribution in [-0.4, -0.2) is 29.8 Å². The first-order valence-corrected chi connectivity index (χ1v) is 8.62. The Kier molecular flexibility index (Phi) is 5.52. The van der Waals surface area contributed by atoms with Gasteiger partial charge in [0.25, 0.3) is 5.91 Å². The summed E-state index contributed by atoms with van der Waals surface area (Å²) in [6, 6.07) is 9.32. The Balaban J connectivity index is 1.66. The van der Waals surface area contributed by atoms with Crippen LogP contribution < -0.4 is 5.32 Å². The monoisotopic (exact) mass is 378 g/mol. The van der Waals surface area contributed by atoms with E-state index in [9.17, 15) is 18.4 Å². The number of hydrogen-bond acceptors (Lipinski definition) is 2. The summed E-state index contributed by atoms with van der Waals surface area (Å²) in [6.45, 7) is 0.756. The number of anilines is 1. The Labute approximate surface area is 154 Å². The molecule has 1 fully saturated rings. The van der Waals surface area contributed by atoms with Crippen LogP contribution in [0.5, 0.6) is 0 Å². The fourth-order valence-electron chi connectivity index (χ4n) is 2.98. The van der Waals surface area contributed by atoms with Gasteiger partial charge in [0.15, 0.2) is 0 Å². The second-order valence-corrected chi connectivity index (χ2v) is 6.65. The molecule has 7 heteroatoms. The van der Waals surface area contributed by atoms with Crippen LogP contribution in [-0.2, 0) is 4.79 Å². The normalized spacial score (nSPS) is 17.0. The molecule has 0 spiro atoms. The molecule has 1 N–H and O–H groups in total. The van der Waals surface area contributed by atoms with E-state index < -0.39 is 17.6 Å². The first-order chi connectivity index (χ1) is 12.4. The van der Waals surface area contributed by atoms with E-state index in [4.69, 9.17) is 11.6 Å². The largest absolute Gasteiger partial charge is 0.338 e. The number of amides is 2. The van der Waals surface area contributed by atoms with Gasteiger partial charge in [0.1, 0.15) is 11.6 Å². The van der Waals surface area contributed by atoms with E-state index in [0.29, 0.717) is 24.9 Å². The summed E-state index contributed by atoms with van der Waals surface area (Å²) in [6.07, 6.45) is 1.27. The highest BCUT2D eigenvalue weighted by molar-refractivity contribution is 6.30. The smallest absolute Gasteiger partial charge is 0.253 e. The van der Waals surface area contributed by atoms with Gasteiger partial charge in [-0.15, -0.1) is 0 Å². The topological polar surface area (TPSA) is 49.4 Å².